The minimum Gasteiger partial charge on any atom is -0.489 e. The predicted molar refractivity (Wildman–Crippen MR) is 74.9 cm³/mol. The van der Waals surface area contributed by atoms with Crippen LogP contribution in [-0.4, -0.2) is 12.4 Å². The van der Waals surface area contributed by atoms with Crippen molar-refractivity contribution in [3.63, 3.8) is 0 Å². The quantitative estimate of drug-likeness (QED) is 0.734. The van der Waals surface area contributed by atoms with E-state index in [1.807, 2.05) is 0 Å². The Kier molecular flexibility index (Phi) is 5.01. The van der Waals surface area contributed by atoms with E-state index in [2.05, 4.69) is 15.9 Å². The first-order valence-electron chi connectivity index (χ1n) is 6.03. The van der Waals surface area contributed by atoms with E-state index in [9.17, 15) is 18.0 Å². The SMILES string of the molecule is O=C(CCOc1c(F)cc(F)cc1Br)c1ccc(F)cc1. The predicted octanol–water partition coefficient (Wildman–Crippen LogP) is 4.52. The van der Waals surface area contributed by atoms with Crippen LogP contribution in [0.1, 0.15) is 16.8 Å². The number of halogens is 4. The van der Waals surface area contributed by atoms with Gasteiger partial charge in [-0.1, -0.05) is 0 Å². The molecule has 0 unspecified atom stereocenters. The van der Waals surface area contributed by atoms with Crippen molar-refractivity contribution in [1.82, 2.24) is 0 Å². The molecule has 0 radical (unpaired) electrons. The number of carbonyl (C=O) groups is 1. The third-order valence-corrected chi connectivity index (χ3v) is 3.29. The Morgan fingerprint density at radius 2 is 1.71 bits per heavy atom. The molecule has 21 heavy (non-hydrogen) atoms. The van der Waals surface area contributed by atoms with Gasteiger partial charge in [-0.05, 0) is 46.3 Å². The van der Waals surface area contributed by atoms with E-state index in [1.54, 1.807) is 0 Å². The molecule has 2 nitrogen and oxygen atoms in total. The molecule has 6 heteroatoms. The van der Waals surface area contributed by atoms with E-state index in [4.69, 9.17) is 4.74 Å². The lowest BCUT2D eigenvalue weighted by atomic mass is 10.1. The largest absolute Gasteiger partial charge is 0.489 e. The van der Waals surface area contributed by atoms with Crippen LogP contribution in [0.25, 0.3) is 0 Å². The lowest BCUT2D eigenvalue weighted by molar-refractivity contribution is 0.0960. The van der Waals surface area contributed by atoms with Crippen LogP contribution in [0.4, 0.5) is 13.2 Å². The third-order valence-electron chi connectivity index (χ3n) is 2.70. The summed E-state index contributed by atoms with van der Waals surface area (Å²) in [6.07, 6.45) is -0.00507. The molecule has 2 rings (SSSR count). The molecule has 0 amide bonds. The molecule has 0 aliphatic rings. The Labute approximate surface area is 127 Å². The lowest BCUT2D eigenvalue weighted by Crippen LogP contribution is -2.08. The second-order valence-electron chi connectivity index (χ2n) is 4.23. The zero-order chi connectivity index (χ0) is 15.4. The summed E-state index contributed by atoms with van der Waals surface area (Å²) < 4.78 is 44.4. The highest BCUT2D eigenvalue weighted by Gasteiger charge is 2.12. The fourth-order valence-corrected chi connectivity index (χ4v) is 2.22. The van der Waals surface area contributed by atoms with Gasteiger partial charge in [0, 0.05) is 18.1 Å². The second-order valence-corrected chi connectivity index (χ2v) is 5.08. The smallest absolute Gasteiger partial charge is 0.169 e. The summed E-state index contributed by atoms with van der Waals surface area (Å²) in [6.45, 7) is -0.0721. The molecule has 0 saturated carbocycles. The van der Waals surface area contributed by atoms with Crippen molar-refractivity contribution >= 4 is 21.7 Å². The topological polar surface area (TPSA) is 26.3 Å². The van der Waals surface area contributed by atoms with Crippen LogP contribution in [0.15, 0.2) is 40.9 Å². The standard InChI is InChI=1S/C15H10BrF3O2/c16-12-7-11(18)8-13(19)15(12)21-6-5-14(20)9-1-3-10(17)4-2-9/h1-4,7-8H,5-6H2. The summed E-state index contributed by atoms with van der Waals surface area (Å²) >= 11 is 2.99. The van der Waals surface area contributed by atoms with E-state index in [-0.39, 0.29) is 29.0 Å². The van der Waals surface area contributed by atoms with Gasteiger partial charge < -0.3 is 4.74 Å². The van der Waals surface area contributed by atoms with Crippen LogP contribution < -0.4 is 4.74 Å². The molecule has 0 aliphatic carbocycles. The Balaban J connectivity index is 1.95. The van der Waals surface area contributed by atoms with Crippen LogP contribution in [0, 0.1) is 17.5 Å². The van der Waals surface area contributed by atoms with Gasteiger partial charge in [-0.2, -0.15) is 0 Å². The number of carbonyl (C=O) groups excluding carboxylic acids is 1. The number of ketones is 1. The molecule has 0 atom stereocenters. The van der Waals surface area contributed by atoms with Crippen molar-refractivity contribution in [2.75, 3.05) is 6.61 Å². The highest BCUT2D eigenvalue weighted by atomic mass is 79.9. The summed E-state index contributed by atoms with van der Waals surface area (Å²) in [5.74, 6) is -2.41. The average Bonchev–Trinajstić information content (AvgIpc) is 2.42. The van der Waals surface area contributed by atoms with Gasteiger partial charge in [0.15, 0.2) is 17.3 Å². The van der Waals surface area contributed by atoms with Crippen molar-refractivity contribution in [3.05, 3.63) is 63.9 Å². The highest BCUT2D eigenvalue weighted by Crippen LogP contribution is 2.29. The fraction of sp³-hybridized carbons (Fsp3) is 0.133. The zero-order valence-corrected chi connectivity index (χ0v) is 12.3. The van der Waals surface area contributed by atoms with E-state index in [0.717, 1.165) is 6.07 Å². The molecule has 0 N–H and O–H groups in total. The van der Waals surface area contributed by atoms with Crippen molar-refractivity contribution in [1.29, 1.82) is 0 Å². The number of rotatable bonds is 5. The molecule has 2 aromatic rings. The van der Waals surface area contributed by atoms with Crippen LogP contribution in [0.3, 0.4) is 0 Å². The molecule has 0 aliphatic heterocycles. The van der Waals surface area contributed by atoms with Gasteiger partial charge in [0.2, 0.25) is 0 Å². The molecular weight excluding hydrogens is 349 g/mol. The first-order valence-corrected chi connectivity index (χ1v) is 6.83. The number of benzene rings is 2. The van der Waals surface area contributed by atoms with Gasteiger partial charge in [0.1, 0.15) is 11.6 Å². The van der Waals surface area contributed by atoms with Gasteiger partial charge in [-0.3, -0.25) is 4.79 Å². The Morgan fingerprint density at radius 1 is 1.05 bits per heavy atom. The Morgan fingerprint density at radius 3 is 2.33 bits per heavy atom. The first kappa shape index (κ1) is 15.6. The Bertz CT molecular complexity index is 633. The summed E-state index contributed by atoms with van der Waals surface area (Å²) in [5, 5.41) is 0. The normalized spacial score (nSPS) is 10.5. The van der Waals surface area contributed by atoms with Crippen molar-refractivity contribution in [3.8, 4) is 5.75 Å². The summed E-state index contributed by atoms with van der Waals surface area (Å²) in [6, 6.07) is 6.87. The summed E-state index contributed by atoms with van der Waals surface area (Å²) in [5.41, 5.74) is 0.346. The minimum absolute atomic E-state index is 0.00507. The minimum atomic E-state index is -0.851. The maximum absolute atomic E-state index is 13.5. The monoisotopic (exact) mass is 358 g/mol. The molecule has 0 heterocycles. The van der Waals surface area contributed by atoms with E-state index in [0.29, 0.717) is 11.6 Å². The molecule has 0 spiro atoms. The number of ether oxygens (including phenoxy) is 1. The fourth-order valence-electron chi connectivity index (χ4n) is 1.69. The zero-order valence-electron chi connectivity index (χ0n) is 10.7. The number of hydrogen-bond acceptors (Lipinski definition) is 2. The molecule has 0 fully saturated rings. The molecule has 2 aromatic carbocycles. The van der Waals surface area contributed by atoms with Gasteiger partial charge in [0.25, 0.3) is 0 Å². The summed E-state index contributed by atoms with van der Waals surface area (Å²) in [7, 11) is 0. The van der Waals surface area contributed by atoms with Crippen molar-refractivity contribution < 1.29 is 22.7 Å². The molecule has 0 bridgehead atoms. The van der Waals surface area contributed by atoms with E-state index < -0.39 is 17.5 Å². The van der Waals surface area contributed by atoms with E-state index >= 15 is 0 Å². The van der Waals surface area contributed by atoms with Crippen molar-refractivity contribution in [2.45, 2.75) is 6.42 Å². The van der Waals surface area contributed by atoms with Gasteiger partial charge >= 0.3 is 0 Å². The van der Waals surface area contributed by atoms with Crippen LogP contribution in [0.2, 0.25) is 0 Å². The highest BCUT2D eigenvalue weighted by molar-refractivity contribution is 9.10. The van der Waals surface area contributed by atoms with Crippen molar-refractivity contribution in [2.24, 2.45) is 0 Å². The number of hydrogen-bond donors (Lipinski definition) is 0. The first-order chi connectivity index (χ1) is 9.97. The van der Waals surface area contributed by atoms with Gasteiger partial charge in [-0.25, -0.2) is 13.2 Å². The molecule has 0 aromatic heterocycles. The van der Waals surface area contributed by atoms with Gasteiger partial charge in [0.05, 0.1) is 11.1 Å². The van der Waals surface area contributed by atoms with Crippen LogP contribution >= 0.6 is 15.9 Å². The second kappa shape index (κ2) is 6.76. The lowest BCUT2D eigenvalue weighted by Gasteiger charge is -2.09. The van der Waals surface area contributed by atoms with Crippen LogP contribution in [-0.2, 0) is 0 Å². The maximum Gasteiger partial charge on any atom is 0.169 e. The average molecular weight is 359 g/mol. The number of Topliss-reactive ketones (excluding diaryl/α,β-unsaturated/α-hetero) is 1. The third kappa shape index (κ3) is 4.07. The molecular formula is C15H10BrF3O2. The van der Waals surface area contributed by atoms with Gasteiger partial charge in [-0.15, -0.1) is 0 Å². The molecule has 0 saturated heterocycles. The Hall–Kier alpha value is -1.82. The van der Waals surface area contributed by atoms with E-state index in [1.165, 1.54) is 24.3 Å². The molecule has 110 valence electrons. The summed E-state index contributed by atoms with van der Waals surface area (Å²) in [4.78, 5) is 11.8. The van der Waals surface area contributed by atoms with Crippen LogP contribution in [0.5, 0.6) is 5.75 Å². The maximum atomic E-state index is 13.5.